The largest absolute Gasteiger partial charge is 0.416 e. The minimum Gasteiger partial charge on any atom is -0.334 e. The molecule has 2 aromatic rings. The number of nitrogens with one attached hydrogen (secondary N) is 2. The number of hydrogen-bond acceptors (Lipinski definition) is 1. The van der Waals surface area contributed by atoms with E-state index >= 15 is 0 Å². The molecule has 2 aromatic carbocycles. The number of urea groups is 1. The van der Waals surface area contributed by atoms with E-state index in [-0.39, 0.29) is 12.6 Å². The summed E-state index contributed by atoms with van der Waals surface area (Å²) in [5, 5.41) is 4.40. The standard InChI is InChI=1S/C17H14F6N2O/c1-10-4-2-3-5-11(10)9-24-15(26)25-14-7-12(16(18,19)20)6-13(8-14)17(21,22)23/h2-8H,9H2,1H3,(H2,24,25,26). The summed E-state index contributed by atoms with van der Waals surface area (Å²) < 4.78 is 76.7. The molecule has 0 aromatic heterocycles. The zero-order chi connectivity index (χ0) is 19.5. The topological polar surface area (TPSA) is 41.1 Å². The van der Waals surface area contributed by atoms with Crippen LogP contribution in [0.25, 0.3) is 0 Å². The Hall–Kier alpha value is -2.71. The van der Waals surface area contributed by atoms with E-state index in [9.17, 15) is 31.1 Å². The number of alkyl halides is 6. The third kappa shape index (κ3) is 5.14. The van der Waals surface area contributed by atoms with E-state index in [0.29, 0.717) is 12.1 Å². The van der Waals surface area contributed by atoms with E-state index in [0.717, 1.165) is 11.1 Å². The molecule has 26 heavy (non-hydrogen) atoms. The minimum atomic E-state index is -4.98. The second kappa shape index (κ2) is 7.27. The predicted molar refractivity (Wildman–Crippen MR) is 83.5 cm³/mol. The second-order valence-corrected chi connectivity index (χ2v) is 5.53. The molecule has 2 N–H and O–H groups in total. The van der Waals surface area contributed by atoms with Crippen molar-refractivity contribution >= 4 is 11.7 Å². The summed E-state index contributed by atoms with van der Waals surface area (Å²) in [6.07, 6.45) is -9.95. The molecule has 0 spiro atoms. The van der Waals surface area contributed by atoms with Crippen molar-refractivity contribution in [3.05, 3.63) is 64.7 Å². The monoisotopic (exact) mass is 376 g/mol. The number of hydrogen-bond donors (Lipinski definition) is 2. The van der Waals surface area contributed by atoms with Gasteiger partial charge in [0, 0.05) is 12.2 Å². The molecule has 0 fully saturated rings. The van der Waals surface area contributed by atoms with Gasteiger partial charge in [-0.05, 0) is 36.2 Å². The first-order valence-electron chi connectivity index (χ1n) is 7.35. The Morgan fingerprint density at radius 2 is 1.46 bits per heavy atom. The SMILES string of the molecule is Cc1ccccc1CNC(=O)Nc1cc(C(F)(F)F)cc(C(F)(F)F)c1. The first-order valence-corrected chi connectivity index (χ1v) is 7.35. The molecular formula is C17H14F6N2O. The lowest BCUT2D eigenvalue weighted by atomic mass is 10.1. The van der Waals surface area contributed by atoms with Crippen molar-refractivity contribution < 1.29 is 31.1 Å². The summed E-state index contributed by atoms with van der Waals surface area (Å²) in [6.45, 7) is 1.88. The summed E-state index contributed by atoms with van der Waals surface area (Å²) in [5.74, 6) is 0. The van der Waals surface area contributed by atoms with Crippen LogP contribution in [0.5, 0.6) is 0 Å². The highest BCUT2D eigenvalue weighted by molar-refractivity contribution is 5.89. The molecule has 0 aliphatic rings. The average molecular weight is 376 g/mol. The first kappa shape index (κ1) is 19.6. The smallest absolute Gasteiger partial charge is 0.334 e. The van der Waals surface area contributed by atoms with Gasteiger partial charge in [-0.3, -0.25) is 0 Å². The third-order valence-corrected chi connectivity index (χ3v) is 3.55. The van der Waals surface area contributed by atoms with Gasteiger partial charge in [-0.15, -0.1) is 0 Å². The number of carbonyl (C=O) groups excluding carboxylic acids is 1. The van der Waals surface area contributed by atoms with E-state index in [1.165, 1.54) is 0 Å². The summed E-state index contributed by atoms with van der Waals surface area (Å²) >= 11 is 0. The molecule has 9 heteroatoms. The van der Waals surface area contributed by atoms with Gasteiger partial charge in [0.15, 0.2) is 0 Å². The van der Waals surface area contributed by atoms with Gasteiger partial charge in [0.2, 0.25) is 0 Å². The molecule has 3 nitrogen and oxygen atoms in total. The van der Waals surface area contributed by atoms with Crippen molar-refractivity contribution in [2.24, 2.45) is 0 Å². The highest BCUT2D eigenvalue weighted by atomic mass is 19.4. The van der Waals surface area contributed by atoms with Crippen LogP contribution in [0.2, 0.25) is 0 Å². The number of rotatable bonds is 3. The molecule has 0 aliphatic carbocycles. The molecular weight excluding hydrogens is 362 g/mol. The van der Waals surface area contributed by atoms with Crippen LogP contribution in [-0.4, -0.2) is 6.03 Å². The highest BCUT2D eigenvalue weighted by Gasteiger charge is 2.37. The van der Waals surface area contributed by atoms with Crippen molar-refractivity contribution in [1.29, 1.82) is 0 Å². The van der Waals surface area contributed by atoms with Crippen LogP contribution in [0, 0.1) is 6.92 Å². The second-order valence-electron chi connectivity index (χ2n) is 5.53. The molecule has 2 rings (SSSR count). The molecule has 0 saturated carbocycles. The fraction of sp³-hybridized carbons (Fsp3) is 0.235. The molecule has 140 valence electrons. The lowest BCUT2D eigenvalue weighted by molar-refractivity contribution is -0.143. The maximum atomic E-state index is 12.8. The summed E-state index contributed by atoms with van der Waals surface area (Å²) in [4.78, 5) is 11.8. The minimum absolute atomic E-state index is 0.00356. The Morgan fingerprint density at radius 3 is 1.96 bits per heavy atom. The van der Waals surface area contributed by atoms with E-state index < -0.39 is 35.2 Å². The van der Waals surface area contributed by atoms with Crippen LogP contribution >= 0.6 is 0 Å². The number of amides is 2. The first-order chi connectivity index (χ1) is 12.0. The maximum absolute atomic E-state index is 12.8. The van der Waals surface area contributed by atoms with Crippen molar-refractivity contribution in [1.82, 2.24) is 5.32 Å². The van der Waals surface area contributed by atoms with E-state index in [1.54, 1.807) is 31.2 Å². The Morgan fingerprint density at radius 1 is 0.923 bits per heavy atom. The number of aryl methyl sites for hydroxylation is 1. The fourth-order valence-corrected chi connectivity index (χ4v) is 2.19. The number of carbonyl (C=O) groups is 1. The van der Waals surface area contributed by atoms with E-state index in [2.05, 4.69) is 5.32 Å². The lowest BCUT2D eigenvalue weighted by Crippen LogP contribution is -2.28. The van der Waals surface area contributed by atoms with E-state index in [4.69, 9.17) is 0 Å². The molecule has 0 atom stereocenters. The van der Waals surface area contributed by atoms with Gasteiger partial charge >= 0.3 is 18.4 Å². The number of halogens is 6. The van der Waals surface area contributed by atoms with Crippen LogP contribution in [0.15, 0.2) is 42.5 Å². The Balaban J connectivity index is 2.17. The van der Waals surface area contributed by atoms with Crippen LogP contribution in [0.1, 0.15) is 22.3 Å². The van der Waals surface area contributed by atoms with Crippen LogP contribution in [-0.2, 0) is 18.9 Å². The zero-order valence-corrected chi connectivity index (χ0v) is 13.4. The Kier molecular flexibility index (Phi) is 5.48. The number of anilines is 1. The van der Waals surface area contributed by atoms with Gasteiger partial charge in [-0.25, -0.2) is 4.79 Å². The Labute approximate surface area is 145 Å². The molecule has 2 amide bonds. The van der Waals surface area contributed by atoms with E-state index in [1.807, 2.05) is 5.32 Å². The molecule has 0 unspecified atom stereocenters. The van der Waals surface area contributed by atoms with Gasteiger partial charge in [-0.2, -0.15) is 26.3 Å². The zero-order valence-electron chi connectivity index (χ0n) is 13.4. The quantitative estimate of drug-likeness (QED) is 0.697. The van der Waals surface area contributed by atoms with Gasteiger partial charge in [-0.1, -0.05) is 24.3 Å². The normalized spacial score (nSPS) is 12.0. The summed E-state index contributed by atoms with van der Waals surface area (Å²) in [5.41, 5.74) is -1.95. The van der Waals surface area contributed by atoms with Crippen LogP contribution in [0.3, 0.4) is 0 Å². The Bertz CT molecular complexity index is 766. The molecule has 0 heterocycles. The molecule has 0 radical (unpaired) electrons. The number of benzene rings is 2. The van der Waals surface area contributed by atoms with Crippen molar-refractivity contribution in [2.45, 2.75) is 25.8 Å². The van der Waals surface area contributed by atoms with Gasteiger partial charge in [0.1, 0.15) is 0 Å². The maximum Gasteiger partial charge on any atom is 0.416 e. The molecule has 0 saturated heterocycles. The van der Waals surface area contributed by atoms with Gasteiger partial charge in [0.05, 0.1) is 11.1 Å². The highest BCUT2D eigenvalue weighted by Crippen LogP contribution is 2.37. The molecule has 0 aliphatic heterocycles. The van der Waals surface area contributed by atoms with Crippen molar-refractivity contribution in [2.75, 3.05) is 5.32 Å². The fourth-order valence-electron chi connectivity index (χ4n) is 2.19. The van der Waals surface area contributed by atoms with Crippen molar-refractivity contribution in [3.8, 4) is 0 Å². The third-order valence-electron chi connectivity index (χ3n) is 3.55. The van der Waals surface area contributed by atoms with Crippen molar-refractivity contribution in [3.63, 3.8) is 0 Å². The van der Waals surface area contributed by atoms with Gasteiger partial charge in [0.25, 0.3) is 0 Å². The van der Waals surface area contributed by atoms with Gasteiger partial charge < -0.3 is 10.6 Å². The van der Waals surface area contributed by atoms with Crippen LogP contribution in [0.4, 0.5) is 36.8 Å². The predicted octanol–water partition coefficient (Wildman–Crippen LogP) is 5.35. The summed E-state index contributed by atoms with van der Waals surface area (Å²) in [7, 11) is 0. The van der Waals surface area contributed by atoms with Crippen LogP contribution < -0.4 is 10.6 Å². The summed E-state index contributed by atoms with van der Waals surface area (Å²) in [6, 6.07) is 7.05. The lowest BCUT2D eigenvalue weighted by Gasteiger charge is -2.15. The average Bonchev–Trinajstić information content (AvgIpc) is 2.52. The molecule has 0 bridgehead atoms.